The highest BCUT2D eigenvalue weighted by atomic mass is 32.1. The summed E-state index contributed by atoms with van der Waals surface area (Å²) >= 11 is 1.35. The molecule has 0 bridgehead atoms. The van der Waals surface area contributed by atoms with E-state index in [-0.39, 0.29) is 12.3 Å². The van der Waals surface area contributed by atoms with E-state index in [2.05, 4.69) is 27.3 Å². The van der Waals surface area contributed by atoms with E-state index in [9.17, 15) is 4.79 Å². The second-order valence-corrected chi connectivity index (χ2v) is 6.03. The Morgan fingerprint density at radius 1 is 1.29 bits per heavy atom. The van der Waals surface area contributed by atoms with E-state index in [1.165, 1.54) is 29.9 Å². The molecular formula is C15H18N4OS. The molecule has 0 atom stereocenters. The molecule has 1 amide bonds. The fraction of sp³-hybridized carbons (Fsp3) is 0.333. The molecule has 110 valence electrons. The van der Waals surface area contributed by atoms with Gasteiger partial charge in [0.1, 0.15) is 0 Å². The van der Waals surface area contributed by atoms with Crippen molar-refractivity contribution in [2.45, 2.75) is 19.3 Å². The Labute approximate surface area is 127 Å². The first-order valence-electron chi connectivity index (χ1n) is 7.05. The molecule has 1 aromatic carbocycles. The van der Waals surface area contributed by atoms with Crippen LogP contribution in [0, 0.1) is 0 Å². The minimum absolute atomic E-state index is 0.0748. The molecule has 1 saturated heterocycles. The first kappa shape index (κ1) is 13.9. The number of nitrogens with zero attached hydrogens (tertiary/aromatic N) is 2. The smallest absolute Gasteiger partial charge is 0.230 e. The topological polar surface area (TPSA) is 71.2 Å². The minimum atomic E-state index is -0.0748. The van der Waals surface area contributed by atoms with Crippen LogP contribution in [0.3, 0.4) is 0 Å². The summed E-state index contributed by atoms with van der Waals surface area (Å²) in [6, 6.07) is 8.01. The highest BCUT2D eigenvalue weighted by Crippen LogP contribution is 2.22. The van der Waals surface area contributed by atoms with Crippen molar-refractivity contribution in [1.82, 2.24) is 4.98 Å². The average molecular weight is 302 g/mol. The summed E-state index contributed by atoms with van der Waals surface area (Å²) in [5.41, 5.74) is 8.30. The van der Waals surface area contributed by atoms with Gasteiger partial charge in [-0.05, 0) is 37.1 Å². The molecule has 2 heterocycles. The van der Waals surface area contributed by atoms with Gasteiger partial charge in [-0.3, -0.25) is 4.79 Å². The molecular weight excluding hydrogens is 284 g/mol. The Bertz CT molecular complexity index is 617. The lowest BCUT2D eigenvalue weighted by Gasteiger charge is -2.17. The quantitative estimate of drug-likeness (QED) is 0.910. The van der Waals surface area contributed by atoms with Gasteiger partial charge in [-0.2, -0.15) is 0 Å². The molecule has 5 nitrogen and oxygen atoms in total. The summed E-state index contributed by atoms with van der Waals surface area (Å²) in [7, 11) is 0. The van der Waals surface area contributed by atoms with E-state index in [4.69, 9.17) is 5.73 Å². The van der Waals surface area contributed by atoms with E-state index in [1.807, 2.05) is 17.5 Å². The Hall–Kier alpha value is -2.08. The molecule has 2 aromatic rings. The molecule has 0 radical (unpaired) electrons. The summed E-state index contributed by atoms with van der Waals surface area (Å²) < 4.78 is 0. The predicted molar refractivity (Wildman–Crippen MR) is 86.7 cm³/mol. The number of anilines is 3. The van der Waals surface area contributed by atoms with Crippen LogP contribution in [0.15, 0.2) is 29.6 Å². The molecule has 0 aliphatic carbocycles. The summed E-state index contributed by atoms with van der Waals surface area (Å²) in [4.78, 5) is 18.4. The van der Waals surface area contributed by atoms with Crippen LogP contribution in [0.25, 0.3) is 0 Å². The van der Waals surface area contributed by atoms with Crippen LogP contribution in [-0.4, -0.2) is 24.0 Å². The van der Waals surface area contributed by atoms with Crippen molar-refractivity contribution >= 4 is 33.8 Å². The van der Waals surface area contributed by atoms with Crippen molar-refractivity contribution in [3.63, 3.8) is 0 Å². The van der Waals surface area contributed by atoms with Gasteiger partial charge in [0.25, 0.3) is 0 Å². The first-order valence-corrected chi connectivity index (χ1v) is 7.93. The zero-order valence-electron chi connectivity index (χ0n) is 11.7. The normalized spacial score (nSPS) is 14.4. The number of rotatable bonds is 4. The summed E-state index contributed by atoms with van der Waals surface area (Å²) in [6.45, 7) is 2.24. The molecule has 21 heavy (non-hydrogen) atoms. The van der Waals surface area contributed by atoms with Gasteiger partial charge in [-0.25, -0.2) is 4.98 Å². The molecule has 6 heteroatoms. The van der Waals surface area contributed by atoms with Gasteiger partial charge in [-0.15, -0.1) is 11.3 Å². The van der Waals surface area contributed by atoms with Gasteiger partial charge in [0.2, 0.25) is 5.91 Å². The SMILES string of the molecule is Nc1nc(CC(=O)Nc2ccc(N3CCCC3)cc2)cs1. The second kappa shape index (κ2) is 6.13. The maximum absolute atomic E-state index is 11.9. The van der Waals surface area contributed by atoms with Crippen molar-refractivity contribution in [3.05, 3.63) is 35.3 Å². The average Bonchev–Trinajstić information content (AvgIpc) is 3.11. The van der Waals surface area contributed by atoms with Crippen LogP contribution in [0.4, 0.5) is 16.5 Å². The van der Waals surface area contributed by atoms with Gasteiger partial charge in [0, 0.05) is 29.8 Å². The number of hydrogen-bond acceptors (Lipinski definition) is 5. The van der Waals surface area contributed by atoms with Crippen molar-refractivity contribution in [2.75, 3.05) is 29.0 Å². The lowest BCUT2D eigenvalue weighted by Crippen LogP contribution is -2.18. The summed E-state index contributed by atoms with van der Waals surface area (Å²) in [6.07, 6.45) is 2.77. The summed E-state index contributed by atoms with van der Waals surface area (Å²) in [5, 5.41) is 5.19. The van der Waals surface area contributed by atoms with E-state index < -0.39 is 0 Å². The fourth-order valence-electron chi connectivity index (χ4n) is 2.50. The zero-order chi connectivity index (χ0) is 14.7. The molecule has 1 aliphatic heterocycles. The Balaban J connectivity index is 1.58. The number of nitrogens with one attached hydrogen (secondary N) is 1. The van der Waals surface area contributed by atoms with Crippen molar-refractivity contribution in [1.29, 1.82) is 0 Å². The van der Waals surface area contributed by atoms with Crippen LogP contribution < -0.4 is 16.0 Å². The van der Waals surface area contributed by atoms with E-state index in [0.29, 0.717) is 10.8 Å². The third-order valence-electron chi connectivity index (χ3n) is 3.53. The number of carbonyl (C=O) groups excluding carboxylic acids is 1. The largest absolute Gasteiger partial charge is 0.375 e. The number of aromatic nitrogens is 1. The zero-order valence-corrected chi connectivity index (χ0v) is 12.5. The van der Waals surface area contributed by atoms with Crippen molar-refractivity contribution in [2.24, 2.45) is 0 Å². The Morgan fingerprint density at radius 2 is 2.00 bits per heavy atom. The number of benzene rings is 1. The first-order chi connectivity index (χ1) is 10.2. The molecule has 1 fully saturated rings. The molecule has 0 unspecified atom stereocenters. The third-order valence-corrected chi connectivity index (χ3v) is 4.26. The molecule has 0 saturated carbocycles. The van der Waals surface area contributed by atoms with E-state index in [0.717, 1.165) is 18.8 Å². The number of carbonyl (C=O) groups is 1. The van der Waals surface area contributed by atoms with Crippen molar-refractivity contribution in [3.8, 4) is 0 Å². The van der Waals surface area contributed by atoms with Crippen LogP contribution >= 0.6 is 11.3 Å². The number of hydrogen-bond donors (Lipinski definition) is 2. The maximum Gasteiger partial charge on any atom is 0.230 e. The molecule has 1 aromatic heterocycles. The summed E-state index contributed by atoms with van der Waals surface area (Å²) in [5.74, 6) is -0.0748. The lowest BCUT2D eigenvalue weighted by molar-refractivity contribution is -0.115. The third kappa shape index (κ3) is 3.52. The number of thiazole rings is 1. The van der Waals surface area contributed by atoms with Gasteiger partial charge in [-0.1, -0.05) is 0 Å². The highest BCUT2D eigenvalue weighted by Gasteiger charge is 2.12. The fourth-order valence-corrected chi connectivity index (χ4v) is 3.07. The Kier molecular flexibility index (Phi) is 4.06. The number of nitrogen functional groups attached to an aromatic ring is 1. The molecule has 1 aliphatic rings. The number of amides is 1. The van der Waals surface area contributed by atoms with Crippen molar-refractivity contribution < 1.29 is 4.79 Å². The van der Waals surface area contributed by atoms with Gasteiger partial charge in [0.15, 0.2) is 5.13 Å². The lowest BCUT2D eigenvalue weighted by atomic mass is 10.2. The van der Waals surface area contributed by atoms with Gasteiger partial charge < -0.3 is 16.0 Å². The predicted octanol–water partition coefficient (Wildman–Crippen LogP) is 2.51. The minimum Gasteiger partial charge on any atom is -0.375 e. The van der Waals surface area contributed by atoms with Crippen LogP contribution in [0.5, 0.6) is 0 Å². The van der Waals surface area contributed by atoms with E-state index >= 15 is 0 Å². The monoisotopic (exact) mass is 302 g/mol. The highest BCUT2D eigenvalue weighted by molar-refractivity contribution is 7.13. The second-order valence-electron chi connectivity index (χ2n) is 5.14. The van der Waals surface area contributed by atoms with Gasteiger partial charge in [0.05, 0.1) is 12.1 Å². The van der Waals surface area contributed by atoms with Crippen LogP contribution in [-0.2, 0) is 11.2 Å². The Morgan fingerprint density at radius 3 is 2.62 bits per heavy atom. The van der Waals surface area contributed by atoms with Gasteiger partial charge >= 0.3 is 0 Å². The van der Waals surface area contributed by atoms with E-state index in [1.54, 1.807) is 0 Å². The number of nitrogens with two attached hydrogens (primary N) is 1. The molecule has 3 rings (SSSR count). The molecule has 0 spiro atoms. The molecule has 3 N–H and O–H groups in total. The maximum atomic E-state index is 11.9. The standard InChI is InChI=1S/C15H18N4OS/c16-15-18-12(10-21-15)9-14(20)17-11-3-5-13(6-4-11)19-7-1-2-8-19/h3-6,10H,1-2,7-9H2,(H2,16,18)(H,17,20). The van der Waals surface area contributed by atoms with Crippen LogP contribution in [0.2, 0.25) is 0 Å². The van der Waals surface area contributed by atoms with Crippen LogP contribution in [0.1, 0.15) is 18.5 Å².